The summed E-state index contributed by atoms with van der Waals surface area (Å²) in [4.78, 5) is 31.4. The summed E-state index contributed by atoms with van der Waals surface area (Å²) in [6.45, 7) is 9.36. The predicted molar refractivity (Wildman–Crippen MR) is 97.1 cm³/mol. The molecule has 0 fully saturated rings. The summed E-state index contributed by atoms with van der Waals surface area (Å²) >= 11 is 1.45. The van der Waals surface area contributed by atoms with Crippen molar-refractivity contribution in [3.63, 3.8) is 0 Å². The molecule has 134 valence electrons. The van der Waals surface area contributed by atoms with Gasteiger partial charge in [-0.15, -0.1) is 11.3 Å². The molecule has 0 saturated heterocycles. The summed E-state index contributed by atoms with van der Waals surface area (Å²) in [5.74, 6) is -0.601. The molecule has 2 aromatic heterocycles. The van der Waals surface area contributed by atoms with E-state index in [2.05, 4.69) is 20.5 Å². The van der Waals surface area contributed by atoms with Crippen LogP contribution in [0.5, 0.6) is 0 Å². The van der Waals surface area contributed by atoms with Crippen molar-refractivity contribution >= 4 is 28.9 Å². The van der Waals surface area contributed by atoms with Gasteiger partial charge in [0.1, 0.15) is 5.01 Å². The van der Waals surface area contributed by atoms with E-state index in [1.54, 1.807) is 20.8 Å². The summed E-state index contributed by atoms with van der Waals surface area (Å²) in [6.07, 6.45) is 0.187. The van der Waals surface area contributed by atoms with E-state index >= 15 is 0 Å². The van der Waals surface area contributed by atoms with Gasteiger partial charge in [0, 0.05) is 16.8 Å². The van der Waals surface area contributed by atoms with E-state index in [1.165, 1.54) is 11.3 Å². The van der Waals surface area contributed by atoms with Crippen LogP contribution in [0.25, 0.3) is 0 Å². The molecule has 0 aromatic carbocycles. The molecule has 1 amide bonds. The molecule has 0 aliphatic heterocycles. The van der Waals surface area contributed by atoms with Crippen LogP contribution in [0, 0.1) is 20.8 Å². The number of H-pyrrole nitrogens is 1. The van der Waals surface area contributed by atoms with Gasteiger partial charge in [-0.3, -0.25) is 4.79 Å². The average molecular weight is 362 g/mol. The second kappa shape index (κ2) is 8.06. The fraction of sp³-hybridized carbons (Fsp3) is 0.412. The Morgan fingerprint density at radius 2 is 2.08 bits per heavy atom. The maximum absolute atomic E-state index is 12.0. The Bertz CT molecular complexity index is 820. The van der Waals surface area contributed by atoms with Crippen LogP contribution in [0.1, 0.15) is 51.9 Å². The predicted octanol–water partition coefficient (Wildman–Crippen LogP) is 2.66. The van der Waals surface area contributed by atoms with Gasteiger partial charge in [-0.1, -0.05) is 0 Å². The highest BCUT2D eigenvalue weighted by Crippen LogP contribution is 2.19. The number of nitrogens with one attached hydrogen (secondary N) is 2. The summed E-state index contributed by atoms with van der Waals surface area (Å²) in [5, 5.41) is 6.78. The number of aromatic nitrogens is 2. The molecule has 8 heteroatoms. The molecular formula is C17H22N4O3S. The van der Waals surface area contributed by atoms with Crippen molar-refractivity contribution in [2.45, 2.75) is 41.0 Å². The number of hydrogen-bond donors (Lipinski definition) is 2. The number of thiazole rings is 1. The third-order valence-corrected chi connectivity index (χ3v) is 4.57. The van der Waals surface area contributed by atoms with Crippen LogP contribution in [0.2, 0.25) is 0 Å². The Morgan fingerprint density at radius 1 is 1.36 bits per heavy atom. The van der Waals surface area contributed by atoms with Crippen molar-refractivity contribution < 1.29 is 14.3 Å². The normalized spacial score (nSPS) is 11.5. The zero-order valence-corrected chi connectivity index (χ0v) is 15.8. The third-order valence-electron chi connectivity index (χ3n) is 3.61. The number of aryl methyl sites for hydroxylation is 2. The lowest BCUT2D eigenvalue weighted by Crippen LogP contribution is -2.21. The van der Waals surface area contributed by atoms with Crippen LogP contribution < -0.4 is 5.43 Å². The summed E-state index contributed by atoms with van der Waals surface area (Å²) < 4.78 is 5.07. The SMILES string of the molecule is CCOC(=O)c1c(C)[nH]c(/C(C)=N/NC(=O)Cc2nc(C)cs2)c1C. The Balaban J connectivity index is 2.10. The fourth-order valence-corrected chi connectivity index (χ4v) is 3.25. The maximum atomic E-state index is 12.0. The van der Waals surface area contributed by atoms with Crippen LogP contribution in [-0.2, 0) is 16.0 Å². The topological polar surface area (TPSA) is 96.4 Å². The van der Waals surface area contributed by atoms with Crippen molar-refractivity contribution in [1.82, 2.24) is 15.4 Å². The molecule has 2 heterocycles. The van der Waals surface area contributed by atoms with Gasteiger partial charge in [0.05, 0.1) is 30.0 Å². The van der Waals surface area contributed by atoms with E-state index in [1.807, 2.05) is 19.2 Å². The Morgan fingerprint density at radius 3 is 2.68 bits per heavy atom. The maximum Gasteiger partial charge on any atom is 0.340 e. The second-order valence-electron chi connectivity index (χ2n) is 5.64. The molecule has 0 atom stereocenters. The monoisotopic (exact) mass is 362 g/mol. The number of rotatable bonds is 6. The minimum Gasteiger partial charge on any atom is -0.462 e. The molecule has 0 aliphatic rings. The number of amides is 1. The first-order valence-electron chi connectivity index (χ1n) is 7.94. The quantitative estimate of drug-likeness (QED) is 0.469. The first-order chi connectivity index (χ1) is 11.8. The standard InChI is InChI=1S/C17H22N4O3S/c1-6-24-17(23)15-10(3)16(19-11(15)4)12(5)20-21-13(22)7-14-18-9(2)8-25-14/h8,19H,6-7H2,1-5H3,(H,21,22)/b20-12+. The van der Waals surface area contributed by atoms with Gasteiger partial charge in [-0.25, -0.2) is 15.2 Å². The zero-order valence-electron chi connectivity index (χ0n) is 15.0. The van der Waals surface area contributed by atoms with Crippen LogP contribution in [0.3, 0.4) is 0 Å². The first kappa shape index (κ1) is 18.9. The molecule has 2 aromatic rings. The van der Waals surface area contributed by atoms with E-state index in [4.69, 9.17) is 4.74 Å². The van der Waals surface area contributed by atoms with Gasteiger partial charge in [-0.2, -0.15) is 5.10 Å². The zero-order chi connectivity index (χ0) is 18.6. The molecule has 25 heavy (non-hydrogen) atoms. The molecular weight excluding hydrogens is 340 g/mol. The molecule has 0 aliphatic carbocycles. The number of nitrogens with zero attached hydrogens (tertiary/aromatic N) is 2. The summed E-state index contributed by atoms with van der Waals surface area (Å²) in [5.41, 5.74) is 6.69. The highest BCUT2D eigenvalue weighted by Gasteiger charge is 2.20. The van der Waals surface area contributed by atoms with Gasteiger partial charge in [-0.05, 0) is 40.2 Å². The third kappa shape index (κ3) is 4.54. The van der Waals surface area contributed by atoms with E-state index in [0.29, 0.717) is 29.3 Å². The Hall–Kier alpha value is -2.48. The highest BCUT2D eigenvalue weighted by molar-refractivity contribution is 7.09. The smallest absolute Gasteiger partial charge is 0.340 e. The fourth-order valence-electron chi connectivity index (χ4n) is 2.48. The lowest BCUT2D eigenvalue weighted by atomic mass is 10.1. The minimum atomic E-state index is -0.365. The number of hydrazone groups is 1. The van der Waals surface area contributed by atoms with Crippen LogP contribution >= 0.6 is 11.3 Å². The average Bonchev–Trinajstić information content (AvgIpc) is 3.08. The van der Waals surface area contributed by atoms with Gasteiger partial charge in [0.2, 0.25) is 5.91 Å². The Kier molecular flexibility index (Phi) is 6.08. The lowest BCUT2D eigenvalue weighted by molar-refractivity contribution is -0.120. The number of esters is 1. The van der Waals surface area contributed by atoms with Gasteiger partial charge < -0.3 is 9.72 Å². The van der Waals surface area contributed by atoms with Gasteiger partial charge in [0.15, 0.2) is 0 Å². The number of carbonyl (C=O) groups excluding carboxylic acids is 2. The van der Waals surface area contributed by atoms with Crippen LogP contribution in [0.15, 0.2) is 10.5 Å². The lowest BCUT2D eigenvalue weighted by Gasteiger charge is -2.03. The van der Waals surface area contributed by atoms with Gasteiger partial charge in [0.25, 0.3) is 0 Å². The molecule has 7 nitrogen and oxygen atoms in total. The second-order valence-corrected chi connectivity index (χ2v) is 6.58. The number of carbonyl (C=O) groups is 2. The molecule has 2 rings (SSSR count). The van der Waals surface area contributed by atoms with E-state index in [9.17, 15) is 9.59 Å². The molecule has 0 unspecified atom stereocenters. The van der Waals surface area contributed by atoms with Crippen molar-refractivity contribution in [2.75, 3.05) is 6.61 Å². The molecule has 0 spiro atoms. The number of aromatic amines is 1. The summed E-state index contributed by atoms with van der Waals surface area (Å²) in [6, 6.07) is 0. The van der Waals surface area contributed by atoms with Crippen molar-refractivity contribution in [2.24, 2.45) is 5.10 Å². The van der Waals surface area contributed by atoms with E-state index < -0.39 is 0 Å². The van der Waals surface area contributed by atoms with Crippen molar-refractivity contribution in [1.29, 1.82) is 0 Å². The number of ether oxygens (including phenoxy) is 1. The van der Waals surface area contributed by atoms with Gasteiger partial charge >= 0.3 is 5.97 Å². The van der Waals surface area contributed by atoms with E-state index in [-0.39, 0.29) is 18.3 Å². The highest BCUT2D eigenvalue weighted by atomic mass is 32.1. The first-order valence-corrected chi connectivity index (χ1v) is 8.82. The minimum absolute atomic E-state index is 0.187. The van der Waals surface area contributed by atoms with Crippen molar-refractivity contribution in [3.05, 3.63) is 38.6 Å². The largest absolute Gasteiger partial charge is 0.462 e. The van der Waals surface area contributed by atoms with Crippen LogP contribution in [0.4, 0.5) is 0 Å². The molecule has 2 N–H and O–H groups in total. The number of hydrogen-bond acceptors (Lipinski definition) is 6. The molecule has 0 bridgehead atoms. The van der Waals surface area contributed by atoms with Crippen LogP contribution in [-0.4, -0.2) is 34.2 Å². The molecule has 0 saturated carbocycles. The van der Waals surface area contributed by atoms with E-state index in [0.717, 1.165) is 16.3 Å². The van der Waals surface area contributed by atoms with Crippen molar-refractivity contribution in [3.8, 4) is 0 Å². The Labute approximate surface area is 150 Å². The molecule has 0 radical (unpaired) electrons. The summed E-state index contributed by atoms with van der Waals surface area (Å²) in [7, 11) is 0.